The van der Waals surface area contributed by atoms with E-state index < -0.39 is 0 Å². The van der Waals surface area contributed by atoms with Gasteiger partial charge < -0.3 is 20.1 Å². The molecular formula is C32H38N6O3. The highest BCUT2D eigenvalue weighted by Crippen LogP contribution is 2.35. The Bertz CT molecular complexity index is 1530. The number of amides is 2. The Morgan fingerprint density at radius 2 is 1.66 bits per heavy atom. The third-order valence-corrected chi connectivity index (χ3v) is 7.23. The second kappa shape index (κ2) is 12.0. The van der Waals surface area contributed by atoms with Crippen molar-refractivity contribution in [2.75, 3.05) is 42.4 Å². The van der Waals surface area contributed by atoms with Crippen LogP contribution in [0.25, 0.3) is 10.8 Å². The van der Waals surface area contributed by atoms with Crippen molar-refractivity contribution in [3.8, 4) is 17.4 Å². The predicted molar refractivity (Wildman–Crippen MR) is 164 cm³/mol. The molecule has 0 spiro atoms. The normalized spacial score (nSPS) is 13.7. The maximum atomic E-state index is 13.1. The monoisotopic (exact) mass is 554 g/mol. The summed E-state index contributed by atoms with van der Waals surface area (Å²) < 4.78 is 11.8. The van der Waals surface area contributed by atoms with E-state index in [1.54, 1.807) is 19.4 Å². The van der Waals surface area contributed by atoms with Gasteiger partial charge in [-0.25, -0.2) is 14.8 Å². The average molecular weight is 555 g/mol. The Balaban J connectivity index is 1.37. The van der Waals surface area contributed by atoms with Crippen molar-refractivity contribution < 1.29 is 14.3 Å². The number of ether oxygens (including phenoxy) is 2. The lowest BCUT2D eigenvalue weighted by Gasteiger charge is -2.30. The van der Waals surface area contributed by atoms with Gasteiger partial charge in [0.2, 0.25) is 11.8 Å². The number of carbonyl (C=O) groups excluding carboxylic acids is 1. The number of hydrazine groups is 1. The fraction of sp³-hybridized carbons (Fsp3) is 0.344. The minimum absolute atomic E-state index is 0.0708. The molecule has 0 radical (unpaired) electrons. The number of hydrogen-bond donors (Lipinski definition) is 2. The maximum absolute atomic E-state index is 13.1. The van der Waals surface area contributed by atoms with Crippen LogP contribution < -0.4 is 25.1 Å². The lowest BCUT2D eigenvalue weighted by atomic mass is 9.87. The minimum Gasteiger partial charge on any atom is -0.495 e. The number of aromatic nitrogens is 2. The summed E-state index contributed by atoms with van der Waals surface area (Å²) in [6, 6.07) is 18.7. The molecule has 1 aliphatic rings. The van der Waals surface area contributed by atoms with Gasteiger partial charge >= 0.3 is 6.03 Å². The molecule has 2 amide bonds. The summed E-state index contributed by atoms with van der Waals surface area (Å²) in [7, 11) is 1.59. The number of nitrogens with one attached hydrogen (secondary N) is 2. The third kappa shape index (κ3) is 6.36. The van der Waals surface area contributed by atoms with Crippen LogP contribution in [0.15, 0.2) is 66.9 Å². The average Bonchev–Trinajstić information content (AvgIpc) is 3.49. The zero-order chi connectivity index (χ0) is 29.0. The molecule has 0 bridgehead atoms. The number of hydrogen-bond acceptors (Lipinski definition) is 7. The van der Waals surface area contributed by atoms with Gasteiger partial charge in [-0.05, 0) is 55.0 Å². The number of urea groups is 1. The quantitative estimate of drug-likeness (QED) is 0.238. The van der Waals surface area contributed by atoms with Crippen LogP contribution in [0.5, 0.6) is 17.4 Å². The molecule has 5 rings (SSSR count). The molecule has 1 saturated heterocycles. The van der Waals surface area contributed by atoms with Crippen molar-refractivity contribution in [3.05, 3.63) is 72.4 Å². The molecule has 0 aliphatic carbocycles. The van der Waals surface area contributed by atoms with Crippen LogP contribution in [-0.2, 0) is 5.41 Å². The van der Waals surface area contributed by atoms with Gasteiger partial charge in [0.25, 0.3) is 0 Å². The lowest BCUT2D eigenvalue weighted by molar-refractivity contribution is 0.262. The SMILES string of the molecule is CCN(c1nccc(Oc2ccc(NC(=O)Nc3cc(C(C)(C)C)ccc3OC)c3ccccc23)n1)N1CCCC1. The van der Waals surface area contributed by atoms with Crippen molar-refractivity contribution in [2.45, 2.75) is 46.0 Å². The number of rotatable bonds is 8. The Morgan fingerprint density at radius 3 is 2.37 bits per heavy atom. The number of carbonyl (C=O) groups is 1. The van der Waals surface area contributed by atoms with Crippen molar-refractivity contribution in [1.29, 1.82) is 0 Å². The minimum atomic E-state index is -0.366. The van der Waals surface area contributed by atoms with E-state index in [0.29, 0.717) is 34.7 Å². The maximum Gasteiger partial charge on any atom is 0.323 e. The van der Waals surface area contributed by atoms with E-state index in [0.717, 1.165) is 36.0 Å². The van der Waals surface area contributed by atoms with Gasteiger partial charge in [-0.15, -0.1) is 0 Å². The molecular weight excluding hydrogens is 516 g/mol. The molecule has 1 aliphatic heterocycles. The summed E-state index contributed by atoms with van der Waals surface area (Å²) in [6.45, 7) is 11.3. The van der Waals surface area contributed by atoms with Crippen LogP contribution >= 0.6 is 0 Å². The highest BCUT2D eigenvalue weighted by Gasteiger charge is 2.22. The van der Waals surface area contributed by atoms with Crippen LogP contribution in [0.4, 0.5) is 22.1 Å². The molecule has 0 saturated carbocycles. The summed E-state index contributed by atoms with van der Waals surface area (Å²) >= 11 is 0. The highest BCUT2D eigenvalue weighted by molar-refractivity contribution is 6.08. The summed E-state index contributed by atoms with van der Waals surface area (Å²) in [5, 5.41) is 12.0. The Kier molecular flexibility index (Phi) is 8.26. The second-order valence-corrected chi connectivity index (χ2v) is 11.1. The van der Waals surface area contributed by atoms with Crippen molar-refractivity contribution >= 4 is 34.1 Å². The number of methoxy groups -OCH3 is 1. The van der Waals surface area contributed by atoms with E-state index in [4.69, 9.17) is 14.5 Å². The van der Waals surface area contributed by atoms with Gasteiger partial charge in [-0.3, -0.25) is 5.01 Å². The zero-order valence-electron chi connectivity index (χ0n) is 24.4. The van der Waals surface area contributed by atoms with E-state index >= 15 is 0 Å². The number of benzene rings is 3. The molecule has 1 aromatic heterocycles. The third-order valence-electron chi connectivity index (χ3n) is 7.23. The molecule has 9 heteroatoms. The molecule has 9 nitrogen and oxygen atoms in total. The first kappa shape index (κ1) is 28.2. The largest absolute Gasteiger partial charge is 0.495 e. The molecule has 2 heterocycles. The molecule has 1 fully saturated rings. The van der Waals surface area contributed by atoms with Crippen LogP contribution in [0.2, 0.25) is 0 Å². The number of fused-ring (bicyclic) bond motifs is 1. The van der Waals surface area contributed by atoms with Gasteiger partial charge in [0.1, 0.15) is 11.5 Å². The van der Waals surface area contributed by atoms with Gasteiger partial charge in [0, 0.05) is 42.7 Å². The Hall–Kier alpha value is -4.37. The standard InChI is InChI=1S/C32H38N6O3/c1-6-38(37-19-9-10-20-37)30-33-18-17-29(36-30)41-27-16-14-25(23-11-7-8-12-24(23)27)34-31(39)35-26-21-22(32(2,3)4)13-15-28(26)40-5/h7-8,11-18,21H,6,9-10,19-20H2,1-5H3,(H2,34,35,39). The molecule has 2 N–H and O–H groups in total. The van der Waals surface area contributed by atoms with Crippen LogP contribution in [0.1, 0.15) is 46.1 Å². The van der Waals surface area contributed by atoms with Crippen LogP contribution in [0.3, 0.4) is 0 Å². The molecule has 4 aromatic rings. The molecule has 0 atom stereocenters. The molecule has 3 aromatic carbocycles. The van der Waals surface area contributed by atoms with Crippen molar-refractivity contribution in [1.82, 2.24) is 15.0 Å². The second-order valence-electron chi connectivity index (χ2n) is 11.1. The topological polar surface area (TPSA) is 91.8 Å². The molecule has 41 heavy (non-hydrogen) atoms. The van der Waals surface area contributed by atoms with Gasteiger partial charge in [-0.2, -0.15) is 4.98 Å². The van der Waals surface area contributed by atoms with Gasteiger partial charge in [0.15, 0.2) is 0 Å². The lowest BCUT2D eigenvalue weighted by Crippen LogP contribution is -2.41. The Morgan fingerprint density at radius 1 is 0.951 bits per heavy atom. The van der Waals surface area contributed by atoms with Crippen molar-refractivity contribution in [3.63, 3.8) is 0 Å². The fourth-order valence-corrected chi connectivity index (χ4v) is 5.05. The van der Waals surface area contributed by atoms with Crippen molar-refractivity contribution in [2.24, 2.45) is 0 Å². The summed E-state index contributed by atoms with van der Waals surface area (Å²) in [5.41, 5.74) is 2.29. The number of anilines is 3. The first-order chi connectivity index (χ1) is 19.8. The van der Waals surface area contributed by atoms with E-state index in [-0.39, 0.29) is 11.4 Å². The van der Waals surface area contributed by atoms with E-state index in [1.165, 1.54) is 12.8 Å². The van der Waals surface area contributed by atoms with Crippen LogP contribution in [0, 0.1) is 0 Å². The first-order valence-corrected chi connectivity index (χ1v) is 14.1. The van der Waals surface area contributed by atoms with E-state index in [1.807, 2.05) is 54.6 Å². The van der Waals surface area contributed by atoms with E-state index in [2.05, 4.69) is 53.3 Å². The number of nitrogens with zero attached hydrogens (tertiary/aromatic N) is 4. The Labute approximate surface area is 241 Å². The summed E-state index contributed by atoms with van der Waals surface area (Å²) in [5.74, 6) is 2.32. The molecule has 214 valence electrons. The highest BCUT2D eigenvalue weighted by atomic mass is 16.5. The molecule has 0 unspecified atom stereocenters. The van der Waals surface area contributed by atoms with Gasteiger partial charge in [-0.1, -0.05) is 51.1 Å². The van der Waals surface area contributed by atoms with Gasteiger partial charge in [0.05, 0.1) is 18.5 Å². The summed E-state index contributed by atoms with van der Waals surface area (Å²) in [6.07, 6.45) is 4.07. The van der Waals surface area contributed by atoms with E-state index in [9.17, 15) is 4.79 Å². The summed E-state index contributed by atoms with van der Waals surface area (Å²) in [4.78, 5) is 22.3. The predicted octanol–water partition coefficient (Wildman–Crippen LogP) is 7.21. The smallest absolute Gasteiger partial charge is 0.323 e. The van der Waals surface area contributed by atoms with Crippen LogP contribution in [-0.4, -0.2) is 47.8 Å². The first-order valence-electron chi connectivity index (χ1n) is 14.1. The zero-order valence-corrected chi connectivity index (χ0v) is 24.4. The fourth-order valence-electron chi connectivity index (χ4n) is 5.05.